The summed E-state index contributed by atoms with van der Waals surface area (Å²) in [6.07, 6.45) is 7.40. The molecule has 1 aliphatic heterocycles. The number of rotatable bonds is 8. The smallest absolute Gasteiger partial charge is 0.130 e. The molecular weight excluding hydrogens is 422 g/mol. The van der Waals surface area contributed by atoms with E-state index >= 15 is 0 Å². The van der Waals surface area contributed by atoms with E-state index in [1.807, 2.05) is 17.7 Å². The number of hydrogen-bond donors (Lipinski definition) is 0. The number of allylic oxidation sites excluding steroid dienone is 1. The molecule has 8 heteroatoms. The van der Waals surface area contributed by atoms with Gasteiger partial charge in [-0.25, -0.2) is 8.78 Å². The van der Waals surface area contributed by atoms with Crippen LogP contribution in [0.5, 0.6) is 0 Å². The number of hydrogen-bond acceptors (Lipinski definition) is 4. The minimum atomic E-state index is -0.496. The zero-order chi connectivity index (χ0) is 23.8. The van der Waals surface area contributed by atoms with Gasteiger partial charge in [0.15, 0.2) is 0 Å². The standard InChI is InChI=1S/C25H32F2N6/c1-4-6-10-25(29-16-19(3)33-24(5-2)20(15-28)17-30-33)32-13-11-31(12-14-32)18-21-22(26)8-7-9-23(21)27/h6-10,17,19H,4-5,11-14,16,18H2,1-3H3/b10-6-,29-25?. The molecule has 6 nitrogen and oxygen atoms in total. The Labute approximate surface area is 194 Å². The summed E-state index contributed by atoms with van der Waals surface area (Å²) in [6.45, 7) is 9.84. The van der Waals surface area contributed by atoms with E-state index in [0.717, 1.165) is 37.5 Å². The molecule has 0 N–H and O–H groups in total. The summed E-state index contributed by atoms with van der Waals surface area (Å²) in [6, 6.07) is 6.23. The second-order valence-corrected chi connectivity index (χ2v) is 8.24. The molecular formula is C25H32F2N6. The third-order valence-corrected chi connectivity index (χ3v) is 5.93. The van der Waals surface area contributed by atoms with Crippen LogP contribution in [0.4, 0.5) is 8.78 Å². The van der Waals surface area contributed by atoms with E-state index in [2.05, 4.69) is 40.9 Å². The van der Waals surface area contributed by atoms with Crippen molar-refractivity contribution < 1.29 is 8.78 Å². The van der Waals surface area contributed by atoms with Gasteiger partial charge in [0, 0.05) is 38.3 Å². The van der Waals surface area contributed by atoms with Gasteiger partial charge in [0.05, 0.1) is 30.0 Å². The summed E-state index contributed by atoms with van der Waals surface area (Å²) in [5.74, 6) is -0.0838. The van der Waals surface area contributed by atoms with Crippen LogP contribution in [0.1, 0.15) is 50.1 Å². The maximum Gasteiger partial charge on any atom is 0.130 e. The Morgan fingerprint density at radius 3 is 2.52 bits per heavy atom. The highest BCUT2D eigenvalue weighted by molar-refractivity contribution is 5.93. The maximum absolute atomic E-state index is 14.0. The minimum absolute atomic E-state index is 0.0254. The lowest BCUT2D eigenvalue weighted by Gasteiger charge is -2.36. The second-order valence-electron chi connectivity index (χ2n) is 8.24. The first-order valence-electron chi connectivity index (χ1n) is 11.6. The molecule has 1 fully saturated rings. The first-order chi connectivity index (χ1) is 16.0. The summed E-state index contributed by atoms with van der Waals surface area (Å²) in [4.78, 5) is 9.17. The van der Waals surface area contributed by atoms with E-state index in [1.165, 1.54) is 18.2 Å². The van der Waals surface area contributed by atoms with Crippen LogP contribution >= 0.6 is 0 Å². The van der Waals surface area contributed by atoms with Gasteiger partial charge < -0.3 is 4.90 Å². The lowest BCUT2D eigenvalue weighted by molar-refractivity contribution is 0.172. The van der Waals surface area contributed by atoms with Crippen molar-refractivity contribution in [1.29, 1.82) is 5.26 Å². The summed E-state index contributed by atoms with van der Waals surface area (Å²) >= 11 is 0. The van der Waals surface area contributed by atoms with E-state index in [-0.39, 0.29) is 18.2 Å². The van der Waals surface area contributed by atoms with Crippen LogP contribution in [0.15, 0.2) is 41.5 Å². The van der Waals surface area contributed by atoms with Gasteiger partial charge in [-0.2, -0.15) is 10.4 Å². The van der Waals surface area contributed by atoms with Gasteiger partial charge >= 0.3 is 0 Å². The average Bonchev–Trinajstić information content (AvgIpc) is 3.25. The molecule has 1 saturated heterocycles. The predicted molar refractivity (Wildman–Crippen MR) is 126 cm³/mol. The van der Waals surface area contributed by atoms with Crippen molar-refractivity contribution in [1.82, 2.24) is 19.6 Å². The van der Waals surface area contributed by atoms with E-state index in [4.69, 9.17) is 4.99 Å². The average molecular weight is 455 g/mol. The Balaban J connectivity index is 1.66. The van der Waals surface area contributed by atoms with Gasteiger partial charge in [-0.1, -0.05) is 26.0 Å². The van der Waals surface area contributed by atoms with Crippen molar-refractivity contribution in [3.8, 4) is 6.07 Å². The molecule has 176 valence electrons. The number of nitrogens with zero attached hydrogens (tertiary/aromatic N) is 6. The van der Waals surface area contributed by atoms with Crippen LogP contribution in [0.2, 0.25) is 0 Å². The molecule has 1 aromatic carbocycles. The molecule has 3 rings (SSSR count). The molecule has 2 aromatic rings. The van der Waals surface area contributed by atoms with Gasteiger partial charge in [0.2, 0.25) is 0 Å². The fourth-order valence-electron chi connectivity index (χ4n) is 4.04. The third kappa shape index (κ3) is 6.05. The van der Waals surface area contributed by atoms with Crippen molar-refractivity contribution in [2.45, 2.75) is 46.2 Å². The summed E-state index contributed by atoms with van der Waals surface area (Å²) in [5, 5.41) is 13.7. The minimum Gasteiger partial charge on any atom is -0.354 e. The zero-order valence-corrected chi connectivity index (χ0v) is 19.6. The second kappa shape index (κ2) is 11.7. The van der Waals surface area contributed by atoms with Crippen molar-refractivity contribution in [3.63, 3.8) is 0 Å². The number of aliphatic imine (C=N–C) groups is 1. The highest BCUT2D eigenvalue weighted by Crippen LogP contribution is 2.17. The molecule has 0 aliphatic carbocycles. The highest BCUT2D eigenvalue weighted by atomic mass is 19.1. The molecule has 1 atom stereocenters. The summed E-state index contributed by atoms with van der Waals surface area (Å²) in [5.41, 5.74) is 1.67. The Hall–Kier alpha value is -3.05. The van der Waals surface area contributed by atoms with Gasteiger partial charge in [-0.05, 0) is 38.0 Å². The van der Waals surface area contributed by atoms with Crippen molar-refractivity contribution in [3.05, 3.63) is 65.0 Å². The van der Waals surface area contributed by atoms with Gasteiger partial charge in [-0.15, -0.1) is 0 Å². The fraction of sp³-hybridized carbons (Fsp3) is 0.480. The van der Waals surface area contributed by atoms with Gasteiger partial charge in [0.1, 0.15) is 23.5 Å². The Morgan fingerprint density at radius 1 is 1.21 bits per heavy atom. The van der Waals surface area contributed by atoms with E-state index in [1.54, 1.807) is 6.20 Å². The van der Waals surface area contributed by atoms with E-state index in [9.17, 15) is 14.0 Å². The molecule has 2 heterocycles. The first kappa shape index (κ1) is 24.6. The fourth-order valence-corrected chi connectivity index (χ4v) is 4.04. The van der Waals surface area contributed by atoms with Crippen molar-refractivity contribution in [2.24, 2.45) is 4.99 Å². The number of aromatic nitrogens is 2. The van der Waals surface area contributed by atoms with Gasteiger partial charge in [-0.3, -0.25) is 14.6 Å². The molecule has 0 bridgehead atoms. The van der Waals surface area contributed by atoms with Crippen molar-refractivity contribution in [2.75, 3.05) is 32.7 Å². The van der Waals surface area contributed by atoms with Crippen LogP contribution in [0.25, 0.3) is 0 Å². The molecule has 0 saturated carbocycles. The lowest BCUT2D eigenvalue weighted by atomic mass is 10.1. The summed E-state index contributed by atoms with van der Waals surface area (Å²) in [7, 11) is 0. The quantitative estimate of drug-likeness (QED) is 0.440. The van der Waals surface area contributed by atoms with E-state index < -0.39 is 11.6 Å². The highest BCUT2D eigenvalue weighted by Gasteiger charge is 2.21. The molecule has 33 heavy (non-hydrogen) atoms. The topological polar surface area (TPSA) is 60.5 Å². The van der Waals surface area contributed by atoms with Crippen LogP contribution in [0, 0.1) is 23.0 Å². The normalized spacial score (nSPS) is 16.4. The summed E-state index contributed by atoms with van der Waals surface area (Å²) < 4.78 is 29.9. The molecule has 1 aliphatic rings. The zero-order valence-electron chi connectivity index (χ0n) is 19.6. The molecule has 0 amide bonds. The van der Waals surface area contributed by atoms with Gasteiger partial charge in [0.25, 0.3) is 0 Å². The Bertz CT molecular complexity index is 1010. The largest absolute Gasteiger partial charge is 0.354 e. The maximum atomic E-state index is 14.0. The van der Waals surface area contributed by atoms with Crippen LogP contribution in [-0.4, -0.2) is 58.1 Å². The van der Waals surface area contributed by atoms with Crippen LogP contribution in [-0.2, 0) is 13.0 Å². The van der Waals surface area contributed by atoms with Crippen LogP contribution in [0.3, 0.4) is 0 Å². The number of benzene rings is 1. The molecule has 1 aromatic heterocycles. The van der Waals surface area contributed by atoms with E-state index in [0.29, 0.717) is 25.2 Å². The number of piperazine rings is 1. The third-order valence-electron chi connectivity index (χ3n) is 5.93. The molecule has 1 unspecified atom stereocenters. The monoisotopic (exact) mass is 454 g/mol. The number of nitriles is 1. The number of amidine groups is 1. The first-order valence-corrected chi connectivity index (χ1v) is 11.6. The molecule has 0 radical (unpaired) electrons. The predicted octanol–water partition coefficient (Wildman–Crippen LogP) is 4.34. The number of halogens is 2. The lowest BCUT2D eigenvalue weighted by Crippen LogP contribution is -2.48. The van der Waals surface area contributed by atoms with Crippen LogP contribution < -0.4 is 0 Å². The molecule has 0 spiro atoms. The Morgan fingerprint density at radius 2 is 1.91 bits per heavy atom. The SMILES string of the molecule is CC/C=C\C(=NCC(C)n1ncc(C#N)c1CC)N1CCN(Cc2c(F)cccc2F)CC1. The Kier molecular flexibility index (Phi) is 8.72. The van der Waals surface area contributed by atoms with Crippen molar-refractivity contribution >= 4 is 5.84 Å².